The second kappa shape index (κ2) is 10.5. The van der Waals surface area contributed by atoms with Gasteiger partial charge < -0.3 is 25.4 Å². The van der Waals surface area contributed by atoms with Crippen molar-refractivity contribution < 1.29 is 42.8 Å². The van der Waals surface area contributed by atoms with Gasteiger partial charge in [-0.3, -0.25) is 0 Å². The predicted molar refractivity (Wildman–Crippen MR) is 81.7 cm³/mol. The minimum Gasteiger partial charge on any atom is -0.491 e. The Kier molecular flexibility index (Phi) is 9.54. The summed E-state index contributed by atoms with van der Waals surface area (Å²) in [6.07, 6.45) is -5.67. The summed E-state index contributed by atoms with van der Waals surface area (Å²) in [6, 6.07) is 6.40. The van der Waals surface area contributed by atoms with E-state index in [0.29, 0.717) is 18.3 Å². The van der Waals surface area contributed by atoms with Gasteiger partial charge in [-0.25, -0.2) is 9.59 Å². The zero-order valence-corrected chi connectivity index (χ0v) is 13.6. The number of hydrogen-bond acceptors (Lipinski definition) is 5. The molecule has 0 aliphatic rings. The van der Waals surface area contributed by atoms with Crippen LogP contribution in [0.4, 0.5) is 13.2 Å². The molecule has 0 bridgehead atoms. The molecule has 10 heteroatoms. The summed E-state index contributed by atoms with van der Waals surface area (Å²) in [5.41, 5.74) is 0.212. The third kappa shape index (κ3) is 11.0. The van der Waals surface area contributed by atoms with Gasteiger partial charge in [0.2, 0.25) is 0 Å². The van der Waals surface area contributed by atoms with Crippen LogP contribution in [0.5, 0.6) is 5.75 Å². The number of aliphatic carboxylic acids is 1. The Morgan fingerprint density at radius 2 is 1.64 bits per heavy atom. The van der Waals surface area contributed by atoms with Gasteiger partial charge in [0.15, 0.2) is 0 Å². The van der Waals surface area contributed by atoms with Gasteiger partial charge in [-0.05, 0) is 24.3 Å². The van der Waals surface area contributed by atoms with Crippen molar-refractivity contribution >= 4 is 11.9 Å². The minimum atomic E-state index is -5.08. The molecule has 1 rings (SSSR count). The lowest BCUT2D eigenvalue weighted by Gasteiger charge is -2.15. The van der Waals surface area contributed by atoms with E-state index in [4.69, 9.17) is 19.7 Å². The number of alkyl halides is 3. The predicted octanol–water partition coefficient (Wildman–Crippen LogP) is 1.76. The lowest BCUT2D eigenvalue weighted by molar-refractivity contribution is -0.192. The maximum Gasteiger partial charge on any atom is 0.490 e. The van der Waals surface area contributed by atoms with Crippen LogP contribution in [0.15, 0.2) is 24.3 Å². The highest BCUT2D eigenvalue weighted by Crippen LogP contribution is 2.13. The van der Waals surface area contributed by atoms with E-state index in [1.54, 1.807) is 12.1 Å². The summed E-state index contributed by atoms with van der Waals surface area (Å²) in [7, 11) is 0. The van der Waals surface area contributed by atoms with E-state index in [0.717, 1.165) is 0 Å². The molecule has 142 valence electrons. The van der Waals surface area contributed by atoms with Crippen molar-refractivity contribution in [3.63, 3.8) is 0 Å². The zero-order valence-electron chi connectivity index (χ0n) is 13.6. The number of aliphatic hydroxyl groups is 1. The second-order valence-corrected chi connectivity index (χ2v) is 5.16. The first kappa shape index (κ1) is 22.7. The fraction of sp³-hybridized carbons (Fsp3) is 0.467. The molecule has 0 heterocycles. The normalized spacial score (nSPS) is 12.1. The molecule has 0 aliphatic carbocycles. The van der Waals surface area contributed by atoms with Crippen LogP contribution in [-0.4, -0.2) is 58.7 Å². The molecule has 0 amide bonds. The van der Waals surface area contributed by atoms with Crippen LogP contribution < -0.4 is 10.1 Å². The molecule has 0 aliphatic heterocycles. The lowest BCUT2D eigenvalue weighted by Crippen LogP contribution is -2.35. The fourth-order valence-electron chi connectivity index (χ4n) is 1.32. The van der Waals surface area contributed by atoms with Crippen LogP contribution >= 0.6 is 0 Å². The van der Waals surface area contributed by atoms with E-state index in [9.17, 15) is 23.1 Å². The van der Waals surface area contributed by atoms with Crippen molar-refractivity contribution in [1.29, 1.82) is 0 Å². The topological polar surface area (TPSA) is 116 Å². The number of benzene rings is 1. The highest BCUT2D eigenvalue weighted by Gasteiger charge is 2.38. The van der Waals surface area contributed by atoms with E-state index in [1.807, 2.05) is 13.8 Å². The molecule has 0 saturated carbocycles. The molecule has 0 radical (unpaired) electrons. The maximum atomic E-state index is 10.6. The fourth-order valence-corrected chi connectivity index (χ4v) is 1.32. The van der Waals surface area contributed by atoms with Gasteiger partial charge in [-0.15, -0.1) is 0 Å². The third-order valence-corrected chi connectivity index (χ3v) is 2.55. The molecule has 0 spiro atoms. The molecule has 1 atom stereocenters. The molecular formula is C15H20F3NO6. The van der Waals surface area contributed by atoms with E-state index in [2.05, 4.69) is 5.32 Å². The van der Waals surface area contributed by atoms with Gasteiger partial charge in [0, 0.05) is 12.6 Å². The second-order valence-electron chi connectivity index (χ2n) is 5.16. The number of nitrogens with one attached hydrogen (secondary N) is 1. The number of aliphatic hydroxyl groups excluding tert-OH is 1. The average molecular weight is 367 g/mol. The van der Waals surface area contributed by atoms with E-state index in [1.165, 1.54) is 12.1 Å². The standard InChI is InChI=1S/C13H19NO4.C2HF3O2/c1-9(2)14-7-11(15)8-18-12-5-3-10(4-6-12)13(16)17;3-2(4,5)1(6)7/h3-6,9,11,14-15H,7-8H2,1-2H3,(H,16,17);(H,6,7). The molecule has 7 nitrogen and oxygen atoms in total. The SMILES string of the molecule is CC(C)NCC(O)COc1ccc(C(=O)O)cc1.O=C(O)C(F)(F)F. The van der Waals surface area contributed by atoms with E-state index in [-0.39, 0.29) is 12.2 Å². The van der Waals surface area contributed by atoms with Crippen molar-refractivity contribution in [3.8, 4) is 5.75 Å². The van der Waals surface area contributed by atoms with Crippen molar-refractivity contribution in [2.45, 2.75) is 32.2 Å². The minimum absolute atomic E-state index is 0.173. The smallest absolute Gasteiger partial charge is 0.490 e. The van der Waals surface area contributed by atoms with Gasteiger partial charge in [-0.2, -0.15) is 13.2 Å². The van der Waals surface area contributed by atoms with E-state index >= 15 is 0 Å². The highest BCUT2D eigenvalue weighted by molar-refractivity contribution is 5.87. The highest BCUT2D eigenvalue weighted by atomic mass is 19.4. The van der Waals surface area contributed by atoms with Gasteiger partial charge in [0.05, 0.1) is 5.56 Å². The number of carboxylic acid groups (broad SMARTS) is 2. The Morgan fingerprint density at radius 3 is 2.00 bits per heavy atom. The van der Waals surface area contributed by atoms with Gasteiger partial charge >= 0.3 is 18.1 Å². The molecule has 0 saturated heterocycles. The molecule has 0 fully saturated rings. The summed E-state index contributed by atoms with van der Waals surface area (Å²) in [6.45, 7) is 4.63. The first-order valence-corrected chi connectivity index (χ1v) is 7.11. The molecule has 0 aromatic heterocycles. The number of ether oxygens (including phenoxy) is 1. The Morgan fingerprint density at radius 1 is 1.16 bits per heavy atom. The number of hydrogen-bond donors (Lipinski definition) is 4. The molecule has 1 aromatic rings. The zero-order chi connectivity index (χ0) is 19.6. The maximum absolute atomic E-state index is 10.6. The first-order chi connectivity index (χ1) is 11.4. The monoisotopic (exact) mass is 367 g/mol. The van der Waals surface area contributed by atoms with E-state index < -0.39 is 24.2 Å². The van der Waals surface area contributed by atoms with Gasteiger partial charge in [0.25, 0.3) is 0 Å². The lowest BCUT2D eigenvalue weighted by atomic mass is 10.2. The Balaban J connectivity index is 0.000000697. The van der Waals surface area contributed by atoms with Crippen LogP contribution in [0.25, 0.3) is 0 Å². The Labute approximate surface area is 142 Å². The Hall–Kier alpha value is -2.33. The number of halogens is 3. The van der Waals surface area contributed by atoms with Crippen molar-refractivity contribution in [2.75, 3.05) is 13.2 Å². The van der Waals surface area contributed by atoms with Crippen LogP contribution in [0.2, 0.25) is 0 Å². The van der Waals surface area contributed by atoms with Crippen LogP contribution in [-0.2, 0) is 4.79 Å². The average Bonchev–Trinajstić information content (AvgIpc) is 2.51. The van der Waals surface area contributed by atoms with Crippen molar-refractivity contribution in [1.82, 2.24) is 5.32 Å². The largest absolute Gasteiger partial charge is 0.491 e. The number of rotatable bonds is 7. The van der Waals surface area contributed by atoms with Gasteiger partial charge in [0.1, 0.15) is 18.5 Å². The number of carbonyl (C=O) groups is 2. The van der Waals surface area contributed by atoms with Crippen molar-refractivity contribution in [2.24, 2.45) is 0 Å². The molecular weight excluding hydrogens is 347 g/mol. The molecule has 1 aromatic carbocycles. The van der Waals surface area contributed by atoms with Gasteiger partial charge in [-0.1, -0.05) is 13.8 Å². The summed E-state index contributed by atoms with van der Waals surface area (Å²) in [5, 5.41) is 28.6. The van der Waals surface area contributed by atoms with Crippen LogP contribution in [0.3, 0.4) is 0 Å². The molecule has 25 heavy (non-hydrogen) atoms. The van der Waals surface area contributed by atoms with Crippen LogP contribution in [0.1, 0.15) is 24.2 Å². The number of aromatic carboxylic acids is 1. The summed E-state index contributed by atoms with van der Waals surface area (Å²) in [5.74, 6) is -3.18. The third-order valence-electron chi connectivity index (χ3n) is 2.55. The summed E-state index contributed by atoms with van der Waals surface area (Å²) >= 11 is 0. The molecule has 4 N–H and O–H groups in total. The molecule has 1 unspecified atom stereocenters. The quantitative estimate of drug-likeness (QED) is 0.580. The summed E-state index contributed by atoms with van der Waals surface area (Å²) < 4.78 is 37.1. The number of carboxylic acids is 2. The van der Waals surface area contributed by atoms with Crippen LogP contribution in [0, 0.1) is 0 Å². The summed E-state index contributed by atoms with van der Waals surface area (Å²) in [4.78, 5) is 19.5. The Bertz CT molecular complexity index is 545. The van der Waals surface area contributed by atoms with Crippen molar-refractivity contribution in [3.05, 3.63) is 29.8 Å². The first-order valence-electron chi connectivity index (χ1n) is 7.11.